The molecule has 0 radical (unpaired) electrons. The highest BCUT2D eigenvalue weighted by Gasteiger charge is 2.35. The zero-order valence-corrected chi connectivity index (χ0v) is 12.9. The van der Waals surface area contributed by atoms with E-state index in [1.54, 1.807) is 0 Å². The Hall–Kier alpha value is -2.91. The summed E-state index contributed by atoms with van der Waals surface area (Å²) in [6.45, 7) is -0.219. The van der Waals surface area contributed by atoms with Crippen molar-refractivity contribution in [3.05, 3.63) is 69.5 Å². The van der Waals surface area contributed by atoms with Crippen LogP contribution in [0.15, 0.2) is 39.6 Å². The summed E-state index contributed by atoms with van der Waals surface area (Å²) >= 11 is 0. The Bertz CT molecular complexity index is 938. The van der Waals surface area contributed by atoms with Crippen LogP contribution in [-0.4, -0.2) is 19.5 Å². The summed E-state index contributed by atoms with van der Waals surface area (Å²) < 4.78 is 57.8. The third kappa shape index (κ3) is 3.62. The van der Waals surface area contributed by atoms with Gasteiger partial charge in [-0.15, -0.1) is 0 Å². The van der Waals surface area contributed by atoms with Crippen LogP contribution in [0.1, 0.15) is 22.8 Å². The first-order valence-corrected chi connectivity index (χ1v) is 7.14. The van der Waals surface area contributed by atoms with E-state index in [1.165, 1.54) is 31.3 Å². The van der Waals surface area contributed by atoms with Crippen LogP contribution in [0.2, 0.25) is 0 Å². The molecule has 6 nitrogen and oxygen atoms in total. The average Bonchev–Trinajstić information content (AvgIpc) is 3.06. The molecular formula is C15H12F4N4O2. The predicted molar refractivity (Wildman–Crippen MR) is 77.3 cm³/mol. The molecular weight excluding hydrogens is 344 g/mol. The van der Waals surface area contributed by atoms with Gasteiger partial charge in [0, 0.05) is 13.5 Å². The second-order valence-electron chi connectivity index (χ2n) is 5.40. The molecule has 3 rings (SSSR count). The Balaban J connectivity index is 1.87. The van der Waals surface area contributed by atoms with Crippen molar-refractivity contribution in [1.82, 2.24) is 19.5 Å². The molecule has 0 bridgehead atoms. The van der Waals surface area contributed by atoms with Gasteiger partial charge in [0.2, 0.25) is 0 Å². The van der Waals surface area contributed by atoms with E-state index >= 15 is 0 Å². The Morgan fingerprint density at radius 2 is 1.88 bits per heavy atom. The molecule has 132 valence electrons. The molecule has 0 amide bonds. The van der Waals surface area contributed by atoms with Gasteiger partial charge < -0.3 is 0 Å². The Labute approximate surface area is 138 Å². The molecule has 1 aromatic carbocycles. The topological polar surface area (TPSA) is 65.8 Å². The molecule has 0 N–H and O–H groups in total. The van der Waals surface area contributed by atoms with Crippen LogP contribution < -0.4 is 5.76 Å². The van der Waals surface area contributed by atoms with Crippen LogP contribution in [0.3, 0.4) is 0 Å². The number of halogens is 4. The van der Waals surface area contributed by atoms with E-state index in [4.69, 9.17) is 0 Å². The number of rotatable bonds is 4. The lowest BCUT2D eigenvalue weighted by Gasteiger charge is -2.04. The second-order valence-corrected chi connectivity index (χ2v) is 5.40. The van der Waals surface area contributed by atoms with E-state index in [-0.39, 0.29) is 24.5 Å². The molecule has 0 aliphatic rings. The van der Waals surface area contributed by atoms with Gasteiger partial charge in [-0.25, -0.2) is 9.18 Å². The van der Waals surface area contributed by atoms with E-state index in [1.807, 2.05) is 0 Å². The maximum absolute atomic E-state index is 12.9. The van der Waals surface area contributed by atoms with Gasteiger partial charge in [-0.2, -0.15) is 18.3 Å². The van der Waals surface area contributed by atoms with Crippen molar-refractivity contribution in [3.63, 3.8) is 0 Å². The minimum atomic E-state index is -4.55. The second kappa shape index (κ2) is 6.19. The van der Waals surface area contributed by atoms with Gasteiger partial charge in [0.25, 0.3) is 0 Å². The first-order valence-electron chi connectivity index (χ1n) is 7.14. The molecule has 0 atom stereocenters. The predicted octanol–water partition coefficient (Wildman–Crippen LogP) is 2.37. The number of hydrogen-bond donors (Lipinski definition) is 0. The van der Waals surface area contributed by atoms with Gasteiger partial charge in [-0.05, 0) is 23.8 Å². The van der Waals surface area contributed by atoms with Gasteiger partial charge in [-0.3, -0.25) is 13.8 Å². The van der Waals surface area contributed by atoms with Crippen LogP contribution in [0, 0.1) is 5.82 Å². The van der Waals surface area contributed by atoms with Crippen molar-refractivity contribution in [2.45, 2.75) is 19.1 Å². The number of hydrogen-bond acceptors (Lipinski definition) is 4. The lowest BCUT2D eigenvalue weighted by Crippen LogP contribution is -2.18. The van der Waals surface area contributed by atoms with Crippen molar-refractivity contribution >= 4 is 0 Å². The lowest BCUT2D eigenvalue weighted by molar-refractivity contribution is -0.143. The molecule has 2 aromatic heterocycles. The van der Waals surface area contributed by atoms with Crippen LogP contribution in [0.25, 0.3) is 0 Å². The zero-order chi connectivity index (χ0) is 18.2. The molecule has 0 unspecified atom stereocenters. The van der Waals surface area contributed by atoms with Crippen molar-refractivity contribution < 1.29 is 22.1 Å². The van der Waals surface area contributed by atoms with Crippen molar-refractivity contribution in [1.29, 1.82) is 0 Å². The zero-order valence-electron chi connectivity index (χ0n) is 12.9. The summed E-state index contributed by atoms with van der Waals surface area (Å²) in [6, 6.07) is 6.41. The fraction of sp³-hybridized carbons (Fsp3) is 0.267. The Morgan fingerprint density at radius 3 is 2.48 bits per heavy atom. The molecule has 0 aliphatic carbocycles. The first kappa shape index (κ1) is 16.9. The van der Waals surface area contributed by atoms with Gasteiger partial charge in [0.15, 0.2) is 5.82 Å². The fourth-order valence-electron chi connectivity index (χ4n) is 2.40. The highest BCUT2D eigenvalue weighted by Crippen LogP contribution is 2.29. The first-order chi connectivity index (χ1) is 11.7. The molecule has 10 heteroatoms. The molecule has 25 heavy (non-hydrogen) atoms. The highest BCUT2D eigenvalue weighted by molar-refractivity contribution is 5.20. The summed E-state index contributed by atoms with van der Waals surface area (Å²) in [4.78, 5) is 11.8. The molecule has 0 spiro atoms. The molecule has 2 heterocycles. The third-order valence-electron chi connectivity index (χ3n) is 3.58. The smallest absolute Gasteiger partial charge is 0.296 e. The maximum Gasteiger partial charge on any atom is 0.441 e. The van der Waals surface area contributed by atoms with Crippen molar-refractivity contribution in [2.24, 2.45) is 7.05 Å². The number of aromatic nitrogens is 4. The summed E-state index contributed by atoms with van der Waals surface area (Å²) in [6.07, 6.45) is -4.39. The summed E-state index contributed by atoms with van der Waals surface area (Å²) in [5.41, 5.74) is -0.215. The number of benzene rings is 1. The van der Waals surface area contributed by atoms with Gasteiger partial charge in [-0.1, -0.05) is 17.3 Å². The average molecular weight is 356 g/mol. The number of nitrogens with zero attached hydrogens (tertiary/aromatic N) is 4. The lowest BCUT2D eigenvalue weighted by atomic mass is 10.1. The summed E-state index contributed by atoms with van der Waals surface area (Å²) in [5, 5.41) is 7.40. The van der Waals surface area contributed by atoms with Crippen molar-refractivity contribution in [2.75, 3.05) is 0 Å². The van der Waals surface area contributed by atoms with Crippen LogP contribution in [-0.2, 0) is 26.2 Å². The molecule has 0 saturated heterocycles. The quantitative estimate of drug-likeness (QED) is 0.673. The van der Waals surface area contributed by atoms with Crippen molar-refractivity contribution in [3.8, 4) is 0 Å². The van der Waals surface area contributed by atoms with E-state index in [9.17, 15) is 22.4 Å². The van der Waals surface area contributed by atoms with Gasteiger partial charge in [0.05, 0.1) is 12.2 Å². The summed E-state index contributed by atoms with van der Waals surface area (Å²) in [7, 11) is 1.17. The normalized spacial score (nSPS) is 11.9. The van der Waals surface area contributed by atoms with E-state index in [2.05, 4.69) is 14.8 Å². The molecule has 0 aliphatic heterocycles. The minimum Gasteiger partial charge on any atom is -0.296 e. The monoisotopic (exact) mass is 356 g/mol. The molecule has 0 fully saturated rings. The van der Waals surface area contributed by atoms with Crippen LogP contribution >= 0.6 is 0 Å². The number of aryl methyl sites for hydroxylation is 1. The van der Waals surface area contributed by atoms with Crippen LogP contribution in [0.5, 0.6) is 0 Å². The summed E-state index contributed by atoms with van der Waals surface area (Å²) in [5.74, 6) is -1.01. The minimum absolute atomic E-state index is 0.0421. The standard InChI is InChI=1S/C15H12F4N4O2/c1-22-12(15(17,18)19)7-11(20-22)8-23-13(21-25-14(23)24)6-9-2-4-10(16)5-3-9/h2-5,7H,6,8H2,1H3. The number of alkyl halides is 3. The Morgan fingerprint density at radius 1 is 1.20 bits per heavy atom. The highest BCUT2D eigenvalue weighted by atomic mass is 19.4. The molecule has 3 aromatic rings. The largest absolute Gasteiger partial charge is 0.441 e. The fourth-order valence-corrected chi connectivity index (χ4v) is 2.40. The van der Waals surface area contributed by atoms with E-state index < -0.39 is 23.4 Å². The van der Waals surface area contributed by atoms with E-state index in [0.717, 1.165) is 10.6 Å². The van der Waals surface area contributed by atoms with Gasteiger partial charge >= 0.3 is 11.9 Å². The SMILES string of the molecule is Cn1nc(Cn2c(Cc3ccc(F)cc3)noc2=O)cc1C(F)(F)F. The molecule has 0 saturated carbocycles. The maximum atomic E-state index is 12.9. The van der Waals surface area contributed by atoms with E-state index in [0.29, 0.717) is 10.2 Å². The van der Waals surface area contributed by atoms with Crippen LogP contribution in [0.4, 0.5) is 17.6 Å². The Kier molecular flexibility index (Phi) is 4.19. The third-order valence-corrected chi connectivity index (χ3v) is 3.58. The van der Waals surface area contributed by atoms with Gasteiger partial charge in [0.1, 0.15) is 11.5 Å².